The van der Waals surface area contributed by atoms with Crippen LogP contribution in [-0.2, 0) is 9.59 Å². The molecule has 0 atom stereocenters. The zero-order valence-electron chi connectivity index (χ0n) is 12.3. The van der Waals surface area contributed by atoms with Gasteiger partial charge < -0.3 is 10.2 Å². The number of nitrogens with one attached hydrogen (secondary N) is 1. The maximum Gasteiger partial charge on any atom is 0.335 e. The summed E-state index contributed by atoms with van der Waals surface area (Å²) < 4.78 is 0. The van der Waals surface area contributed by atoms with Crippen LogP contribution in [0.5, 0.6) is 11.5 Å². The minimum absolute atomic E-state index is 0.0144. The van der Waals surface area contributed by atoms with E-state index in [4.69, 9.17) is 0 Å². The highest BCUT2D eigenvalue weighted by Gasteiger charge is 2.36. The van der Waals surface area contributed by atoms with E-state index < -0.39 is 17.8 Å². The molecule has 7 nitrogen and oxygen atoms in total. The van der Waals surface area contributed by atoms with Crippen LogP contribution < -0.4 is 10.2 Å². The topological polar surface area (TPSA) is 107 Å². The smallest absolute Gasteiger partial charge is 0.335 e. The normalized spacial score (nSPS) is 16.4. The number of urea groups is 1. The summed E-state index contributed by atoms with van der Waals surface area (Å²) in [6.45, 7) is 0. The number of benzene rings is 2. The maximum absolute atomic E-state index is 12.6. The molecule has 0 bridgehead atoms. The van der Waals surface area contributed by atoms with Crippen LogP contribution in [0.15, 0.2) is 54.1 Å². The summed E-state index contributed by atoms with van der Waals surface area (Å²) in [6.07, 6.45) is 1.29. The van der Waals surface area contributed by atoms with Crippen molar-refractivity contribution < 1.29 is 24.6 Å². The number of rotatable bonds is 2. The molecule has 1 aliphatic heterocycles. The third-order valence-electron chi connectivity index (χ3n) is 3.39. The highest BCUT2D eigenvalue weighted by molar-refractivity contribution is 6.39. The van der Waals surface area contributed by atoms with E-state index in [2.05, 4.69) is 5.32 Å². The van der Waals surface area contributed by atoms with Crippen molar-refractivity contribution in [3.63, 3.8) is 0 Å². The van der Waals surface area contributed by atoms with Crippen molar-refractivity contribution in [2.24, 2.45) is 0 Å². The van der Waals surface area contributed by atoms with Gasteiger partial charge in [0.15, 0.2) is 0 Å². The van der Waals surface area contributed by atoms with Gasteiger partial charge in [0.1, 0.15) is 17.1 Å². The van der Waals surface area contributed by atoms with Gasteiger partial charge in [-0.15, -0.1) is 0 Å². The minimum atomic E-state index is -0.872. The van der Waals surface area contributed by atoms with E-state index in [-0.39, 0.29) is 22.8 Å². The van der Waals surface area contributed by atoms with Gasteiger partial charge in [0, 0.05) is 0 Å². The van der Waals surface area contributed by atoms with Gasteiger partial charge in [0.2, 0.25) is 0 Å². The fraction of sp³-hybridized carbons (Fsp3) is 0. The second-order valence-corrected chi connectivity index (χ2v) is 5.07. The monoisotopic (exact) mass is 324 g/mol. The van der Waals surface area contributed by atoms with E-state index in [1.807, 2.05) is 0 Å². The van der Waals surface area contributed by atoms with Crippen LogP contribution >= 0.6 is 0 Å². The standard InChI is InChI=1S/C17H12N2O5/c20-12-6-4-11(5-7-12)19-16(23)14(15(22)18-17(19)24)9-10-2-1-3-13(21)8-10/h1-9,20-21H,(H,18,22,24)/b14-9-. The van der Waals surface area contributed by atoms with Crippen molar-refractivity contribution in [1.82, 2.24) is 5.32 Å². The lowest BCUT2D eigenvalue weighted by Gasteiger charge is -2.26. The number of aromatic hydroxyl groups is 2. The number of carbonyl (C=O) groups is 3. The fourth-order valence-corrected chi connectivity index (χ4v) is 2.27. The van der Waals surface area contributed by atoms with Gasteiger partial charge in [-0.25, -0.2) is 9.69 Å². The Labute approximate surface area is 136 Å². The second kappa shape index (κ2) is 5.88. The summed E-state index contributed by atoms with van der Waals surface area (Å²) >= 11 is 0. The molecular formula is C17H12N2O5. The van der Waals surface area contributed by atoms with Crippen LogP contribution in [0.25, 0.3) is 6.08 Å². The first-order chi connectivity index (χ1) is 11.5. The van der Waals surface area contributed by atoms with Gasteiger partial charge in [-0.1, -0.05) is 12.1 Å². The largest absolute Gasteiger partial charge is 0.508 e. The molecule has 2 aromatic carbocycles. The first-order valence-electron chi connectivity index (χ1n) is 6.95. The summed E-state index contributed by atoms with van der Waals surface area (Å²) in [7, 11) is 0. The number of carbonyl (C=O) groups excluding carboxylic acids is 3. The van der Waals surface area contributed by atoms with Crippen molar-refractivity contribution >= 4 is 29.6 Å². The molecule has 0 aromatic heterocycles. The van der Waals surface area contributed by atoms with Crippen molar-refractivity contribution in [2.45, 2.75) is 0 Å². The molecule has 0 aliphatic carbocycles. The summed E-state index contributed by atoms with van der Waals surface area (Å²) in [6, 6.07) is 10.6. The van der Waals surface area contributed by atoms with Gasteiger partial charge in [0.05, 0.1) is 5.69 Å². The maximum atomic E-state index is 12.6. The molecule has 1 saturated heterocycles. The van der Waals surface area contributed by atoms with Crippen LogP contribution in [0.2, 0.25) is 0 Å². The Morgan fingerprint density at radius 1 is 0.917 bits per heavy atom. The third kappa shape index (κ3) is 2.82. The SMILES string of the molecule is O=C1NC(=O)N(c2ccc(O)cc2)C(=O)/C1=C\c1cccc(O)c1. The molecule has 2 aromatic rings. The lowest BCUT2D eigenvalue weighted by Crippen LogP contribution is -2.54. The molecule has 0 unspecified atom stereocenters. The summed E-state index contributed by atoms with van der Waals surface area (Å²) in [5.41, 5.74) is 0.409. The highest BCUT2D eigenvalue weighted by atomic mass is 16.3. The zero-order chi connectivity index (χ0) is 17.3. The first-order valence-corrected chi connectivity index (χ1v) is 6.95. The number of anilines is 1. The molecule has 3 N–H and O–H groups in total. The molecule has 1 fully saturated rings. The Balaban J connectivity index is 2.01. The molecule has 3 rings (SSSR count). The number of amides is 4. The van der Waals surface area contributed by atoms with Crippen LogP contribution in [0, 0.1) is 0 Å². The molecule has 0 radical (unpaired) electrons. The van der Waals surface area contributed by atoms with Gasteiger partial charge in [0.25, 0.3) is 11.8 Å². The van der Waals surface area contributed by atoms with Gasteiger partial charge in [-0.3, -0.25) is 14.9 Å². The van der Waals surface area contributed by atoms with Crippen LogP contribution in [-0.4, -0.2) is 28.1 Å². The number of hydrogen-bond donors (Lipinski definition) is 3. The minimum Gasteiger partial charge on any atom is -0.508 e. The summed E-state index contributed by atoms with van der Waals surface area (Å²) in [5, 5.41) is 20.9. The Kier molecular flexibility index (Phi) is 3.75. The molecule has 24 heavy (non-hydrogen) atoms. The Morgan fingerprint density at radius 3 is 2.29 bits per heavy atom. The zero-order valence-corrected chi connectivity index (χ0v) is 12.3. The van der Waals surface area contributed by atoms with Gasteiger partial charge in [-0.2, -0.15) is 0 Å². The molecule has 1 aliphatic rings. The van der Waals surface area contributed by atoms with E-state index in [1.54, 1.807) is 12.1 Å². The van der Waals surface area contributed by atoms with Gasteiger partial charge >= 0.3 is 6.03 Å². The second-order valence-electron chi connectivity index (χ2n) is 5.07. The molecule has 4 amide bonds. The van der Waals surface area contributed by atoms with E-state index >= 15 is 0 Å². The molecule has 7 heteroatoms. The average molecular weight is 324 g/mol. The van der Waals surface area contributed by atoms with E-state index in [0.717, 1.165) is 4.90 Å². The average Bonchev–Trinajstić information content (AvgIpc) is 2.53. The fourth-order valence-electron chi connectivity index (χ4n) is 2.27. The molecule has 0 saturated carbocycles. The summed E-state index contributed by atoms with van der Waals surface area (Å²) in [4.78, 5) is 37.4. The summed E-state index contributed by atoms with van der Waals surface area (Å²) in [5.74, 6) is -1.64. The lowest BCUT2D eigenvalue weighted by atomic mass is 10.1. The molecule has 0 spiro atoms. The predicted octanol–water partition coefficient (Wildman–Crippen LogP) is 1.76. The number of phenolic OH excluding ortho intramolecular Hbond substituents is 2. The van der Waals surface area contributed by atoms with E-state index in [0.29, 0.717) is 5.56 Å². The Morgan fingerprint density at radius 2 is 1.62 bits per heavy atom. The van der Waals surface area contributed by atoms with Crippen molar-refractivity contribution in [2.75, 3.05) is 4.90 Å². The Bertz CT molecular complexity index is 871. The predicted molar refractivity (Wildman–Crippen MR) is 85.2 cm³/mol. The van der Waals surface area contributed by atoms with Crippen molar-refractivity contribution in [1.29, 1.82) is 0 Å². The lowest BCUT2D eigenvalue weighted by molar-refractivity contribution is -0.122. The number of hydrogen-bond acceptors (Lipinski definition) is 5. The molecular weight excluding hydrogens is 312 g/mol. The van der Waals surface area contributed by atoms with E-state index in [9.17, 15) is 24.6 Å². The number of imide groups is 2. The van der Waals surface area contributed by atoms with E-state index in [1.165, 1.54) is 42.5 Å². The van der Waals surface area contributed by atoms with Crippen molar-refractivity contribution in [3.8, 4) is 11.5 Å². The first kappa shape index (κ1) is 15.3. The quantitative estimate of drug-likeness (QED) is 0.576. The number of barbiturate groups is 1. The highest BCUT2D eigenvalue weighted by Crippen LogP contribution is 2.24. The van der Waals surface area contributed by atoms with Crippen LogP contribution in [0.3, 0.4) is 0 Å². The van der Waals surface area contributed by atoms with Crippen LogP contribution in [0.4, 0.5) is 10.5 Å². The molecule has 120 valence electrons. The third-order valence-corrected chi connectivity index (χ3v) is 3.39. The molecule has 1 heterocycles. The number of nitrogens with zero attached hydrogens (tertiary/aromatic N) is 1. The van der Waals surface area contributed by atoms with Crippen molar-refractivity contribution in [3.05, 3.63) is 59.7 Å². The Hall–Kier alpha value is -3.61. The van der Waals surface area contributed by atoms with Gasteiger partial charge in [-0.05, 0) is 48.0 Å². The number of phenols is 2. The van der Waals surface area contributed by atoms with Crippen LogP contribution in [0.1, 0.15) is 5.56 Å².